The number of esters is 1. The molecule has 0 unspecified atom stereocenters. The first-order valence-corrected chi connectivity index (χ1v) is 9.11. The van der Waals surface area contributed by atoms with Crippen molar-refractivity contribution in [3.63, 3.8) is 0 Å². The molecule has 0 aliphatic carbocycles. The van der Waals surface area contributed by atoms with Gasteiger partial charge in [-0.3, -0.25) is 0 Å². The smallest absolute Gasteiger partial charge is 0.338 e. The van der Waals surface area contributed by atoms with Crippen LogP contribution in [0.25, 0.3) is 22.9 Å². The van der Waals surface area contributed by atoms with E-state index < -0.39 is 5.97 Å². The van der Waals surface area contributed by atoms with Gasteiger partial charge in [-0.15, -0.1) is 20.4 Å². The van der Waals surface area contributed by atoms with Crippen LogP contribution in [0.15, 0.2) is 57.4 Å². The zero-order chi connectivity index (χ0) is 20.2. The molecule has 0 bridgehead atoms. The van der Waals surface area contributed by atoms with Crippen molar-refractivity contribution in [2.45, 2.75) is 26.9 Å². The van der Waals surface area contributed by atoms with E-state index >= 15 is 0 Å². The zero-order valence-corrected chi connectivity index (χ0v) is 16.0. The summed E-state index contributed by atoms with van der Waals surface area (Å²) in [6.07, 6.45) is 0.629. The highest BCUT2D eigenvalue weighted by Crippen LogP contribution is 2.24. The van der Waals surface area contributed by atoms with Crippen LogP contribution in [0.1, 0.15) is 34.6 Å². The van der Waals surface area contributed by atoms with Gasteiger partial charge in [0.25, 0.3) is 5.89 Å². The van der Waals surface area contributed by atoms with E-state index in [2.05, 4.69) is 20.4 Å². The summed E-state index contributed by atoms with van der Waals surface area (Å²) in [6.45, 7) is 3.84. The minimum absolute atomic E-state index is 0.0723. The highest BCUT2D eigenvalue weighted by atomic mass is 16.5. The second-order valence-electron chi connectivity index (χ2n) is 6.37. The largest absolute Gasteiger partial charge is 0.452 e. The van der Waals surface area contributed by atoms with Gasteiger partial charge in [0.05, 0.1) is 5.56 Å². The van der Waals surface area contributed by atoms with Gasteiger partial charge >= 0.3 is 5.97 Å². The fraction of sp³-hybridized carbons (Fsp3) is 0.190. The molecule has 0 amide bonds. The standard InChI is InChI=1S/C21H18N4O4/c1-3-17-22-23-18(28-17)12-27-21(26)16-10-8-15(9-11-16)20-25-24-19(29-20)14-6-4-13(2)5-7-14/h4-11H,3,12H2,1-2H3. The number of rotatable bonds is 6. The van der Waals surface area contributed by atoms with Crippen LogP contribution in [0, 0.1) is 6.92 Å². The lowest BCUT2D eigenvalue weighted by Gasteiger charge is -2.02. The van der Waals surface area contributed by atoms with E-state index in [1.165, 1.54) is 0 Å². The van der Waals surface area contributed by atoms with Crippen LogP contribution in [0.3, 0.4) is 0 Å². The Kier molecular flexibility index (Phi) is 5.15. The SMILES string of the molecule is CCc1nnc(COC(=O)c2ccc(-c3nnc(-c4ccc(C)cc4)o3)cc2)o1. The summed E-state index contributed by atoms with van der Waals surface area (Å²) in [5.41, 5.74) is 3.10. The number of nitrogens with zero attached hydrogens (tertiary/aromatic N) is 4. The molecule has 146 valence electrons. The predicted molar refractivity (Wildman–Crippen MR) is 103 cm³/mol. The normalized spacial score (nSPS) is 10.8. The first-order valence-electron chi connectivity index (χ1n) is 9.11. The van der Waals surface area contributed by atoms with Gasteiger partial charge in [0, 0.05) is 17.5 Å². The van der Waals surface area contributed by atoms with Crippen LogP contribution in [-0.4, -0.2) is 26.4 Å². The first kappa shape index (κ1) is 18.5. The molecule has 0 spiro atoms. The second-order valence-corrected chi connectivity index (χ2v) is 6.37. The number of carbonyl (C=O) groups excluding carboxylic acids is 1. The van der Waals surface area contributed by atoms with Gasteiger partial charge in [0.15, 0.2) is 6.61 Å². The highest BCUT2D eigenvalue weighted by molar-refractivity contribution is 5.89. The van der Waals surface area contributed by atoms with Gasteiger partial charge < -0.3 is 13.6 Å². The molecule has 4 aromatic rings. The van der Waals surface area contributed by atoms with Gasteiger partial charge in [-0.1, -0.05) is 24.6 Å². The van der Waals surface area contributed by atoms with Gasteiger partial charge in [0.2, 0.25) is 17.7 Å². The van der Waals surface area contributed by atoms with Crippen molar-refractivity contribution in [2.24, 2.45) is 0 Å². The molecule has 0 fully saturated rings. The van der Waals surface area contributed by atoms with Gasteiger partial charge in [0.1, 0.15) is 0 Å². The molecule has 2 aromatic heterocycles. The molecule has 0 saturated heterocycles. The number of aromatic nitrogens is 4. The summed E-state index contributed by atoms with van der Waals surface area (Å²) in [5.74, 6) is 1.10. The van der Waals surface area contributed by atoms with Crippen molar-refractivity contribution >= 4 is 5.97 Å². The molecule has 0 saturated carbocycles. The van der Waals surface area contributed by atoms with E-state index in [9.17, 15) is 4.79 Å². The minimum atomic E-state index is -0.487. The number of ether oxygens (including phenoxy) is 1. The van der Waals surface area contributed by atoms with E-state index in [1.807, 2.05) is 38.1 Å². The molecule has 29 heavy (non-hydrogen) atoms. The summed E-state index contributed by atoms with van der Waals surface area (Å²) in [7, 11) is 0. The number of carbonyl (C=O) groups is 1. The maximum absolute atomic E-state index is 12.2. The van der Waals surface area contributed by atoms with Crippen molar-refractivity contribution in [2.75, 3.05) is 0 Å². The molecular weight excluding hydrogens is 372 g/mol. The molecule has 0 radical (unpaired) electrons. The van der Waals surface area contributed by atoms with E-state index in [0.717, 1.165) is 11.1 Å². The number of hydrogen-bond acceptors (Lipinski definition) is 8. The van der Waals surface area contributed by atoms with Crippen LogP contribution in [0.2, 0.25) is 0 Å². The third kappa shape index (κ3) is 4.21. The minimum Gasteiger partial charge on any atom is -0.452 e. The highest BCUT2D eigenvalue weighted by Gasteiger charge is 2.14. The average Bonchev–Trinajstić information content (AvgIpc) is 3.42. The Labute approximate surface area is 166 Å². The molecular formula is C21H18N4O4. The quantitative estimate of drug-likeness (QED) is 0.455. The van der Waals surface area contributed by atoms with Gasteiger partial charge in [-0.25, -0.2) is 4.79 Å². The lowest BCUT2D eigenvalue weighted by molar-refractivity contribution is 0.0436. The Hall–Kier alpha value is -3.81. The molecule has 0 N–H and O–H groups in total. The molecule has 0 aliphatic rings. The summed E-state index contributed by atoms with van der Waals surface area (Å²) in [4.78, 5) is 12.2. The van der Waals surface area contributed by atoms with Crippen molar-refractivity contribution in [1.29, 1.82) is 0 Å². The Morgan fingerprint density at radius 1 is 0.828 bits per heavy atom. The monoisotopic (exact) mass is 390 g/mol. The van der Waals surface area contributed by atoms with Gasteiger partial charge in [-0.2, -0.15) is 0 Å². The third-order valence-electron chi connectivity index (χ3n) is 4.23. The second kappa shape index (κ2) is 8.05. The maximum atomic E-state index is 12.2. The zero-order valence-electron chi connectivity index (χ0n) is 16.0. The van der Waals surface area contributed by atoms with Crippen LogP contribution < -0.4 is 0 Å². The molecule has 4 rings (SSSR count). The molecule has 8 heteroatoms. The van der Waals surface area contributed by atoms with Crippen molar-refractivity contribution in [1.82, 2.24) is 20.4 Å². The Balaban J connectivity index is 1.42. The van der Waals surface area contributed by atoms with Gasteiger partial charge in [-0.05, 0) is 43.3 Å². The Bertz CT molecular complexity index is 1110. The van der Waals surface area contributed by atoms with Crippen LogP contribution in [0.5, 0.6) is 0 Å². The van der Waals surface area contributed by atoms with E-state index in [4.69, 9.17) is 13.6 Å². The maximum Gasteiger partial charge on any atom is 0.338 e. The number of hydrogen-bond donors (Lipinski definition) is 0. The van der Waals surface area contributed by atoms with Crippen molar-refractivity contribution < 1.29 is 18.4 Å². The predicted octanol–water partition coefficient (Wildman–Crippen LogP) is 4.01. The summed E-state index contributed by atoms with van der Waals surface area (Å²) >= 11 is 0. The number of aryl methyl sites for hydroxylation is 2. The Morgan fingerprint density at radius 2 is 1.41 bits per heavy atom. The van der Waals surface area contributed by atoms with Crippen LogP contribution in [-0.2, 0) is 17.8 Å². The summed E-state index contributed by atoms with van der Waals surface area (Å²) < 4.78 is 16.3. The lowest BCUT2D eigenvalue weighted by atomic mass is 10.1. The van der Waals surface area contributed by atoms with Crippen LogP contribution in [0.4, 0.5) is 0 Å². The molecule has 2 aromatic carbocycles. The Morgan fingerprint density at radius 3 is 2.00 bits per heavy atom. The third-order valence-corrected chi connectivity index (χ3v) is 4.23. The fourth-order valence-electron chi connectivity index (χ4n) is 2.60. The van der Waals surface area contributed by atoms with Crippen molar-refractivity contribution in [3.05, 3.63) is 71.4 Å². The summed E-state index contributed by atoms with van der Waals surface area (Å²) in [6, 6.07) is 14.6. The molecule has 2 heterocycles. The van der Waals surface area contributed by atoms with E-state index in [-0.39, 0.29) is 12.5 Å². The molecule has 0 atom stereocenters. The topological polar surface area (TPSA) is 104 Å². The van der Waals surface area contributed by atoms with Crippen LogP contribution >= 0.6 is 0 Å². The molecule has 0 aliphatic heterocycles. The fourth-order valence-corrected chi connectivity index (χ4v) is 2.60. The van der Waals surface area contributed by atoms with E-state index in [1.54, 1.807) is 24.3 Å². The van der Waals surface area contributed by atoms with E-state index in [0.29, 0.717) is 35.2 Å². The first-order chi connectivity index (χ1) is 14.1. The number of benzene rings is 2. The summed E-state index contributed by atoms with van der Waals surface area (Å²) in [5, 5.41) is 15.8. The van der Waals surface area contributed by atoms with Crippen molar-refractivity contribution in [3.8, 4) is 22.9 Å². The molecule has 8 nitrogen and oxygen atoms in total. The lowest BCUT2D eigenvalue weighted by Crippen LogP contribution is -2.05. The average molecular weight is 390 g/mol.